The summed E-state index contributed by atoms with van der Waals surface area (Å²) in [5, 5.41) is 0. The highest BCUT2D eigenvalue weighted by atomic mass is 19.1. The maximum Gasteiger partial charge on any atom is 0.123 e. The third kappa shape index (κ3) is 2.08. The first-order valence-corrected chi connectivity index (χ1v) is 6.29. The van der Waals surface area contributed by atoms with E-state index in [1.807, 2.05) is 0 Å². The molecule has 0 radical (unpaired) electrons. The van der Waals surface area contributed by atoms with E-state index in [0.29, 0.717) is 5.92 Å². The van der Waals surface area contributed by atoms with Crippen molar-refractivity contribution in [2.24, 2.45) is 0 Å². The lowest BCUT2D eigenvalue weighted by atomic mass is 9.89. The normalized spacial score (nSPS) is 19.1. The first-order valence-electron chi connectivity index (χ1n) is 6.29. The van der Waals surface area contributed by atoms with Crippen LogP contribution < -0.4 is 0 Å². The fourth-order valence-electron chi connectivity index (χ4n) is 2.51. The molecule has 3 heteroatoms. The number of hydrogen-bond donors (Lipinski definition) is 1. The number of allylic oxidation sites excluding steroid dienone is 2. The third-order valence-electron chi connectivity index (χ3n) is 3.46. The molecule has 18 heavy (non-hydrogen) atoms. The van der Waals surface area contributed by atoms with Crippen molar-refractivity contribution in [2.75, 3.05) is 0 Å². The number of aromatic amines is 1. The van der Waals surface area contributed by atoms with Gasteiger partial charge < -0.3 is 4.98 Å². The Kier molecular flexibility index (Phi) is 2.97. The van der Waals surface area contributed by atoms with E-state index in [4.69, 9.17) is 0 Å². The Morgan fingerprint density at radius 3 is 2.72 bits per heavy atom. The summed E-state index contributed by atoms with van der Waals surface area (Å²) in [7, 11) is 0. The largest absolute Gasteiger partial charge is 0.348 e. The SMILES string of the molecule is Fc1ccc(-c2nc[nH]c2C2CC=CCC2)cc1. The number of halogens is 1. The molecule has 1 heterocycles. The maximum absolute atomic E-state index is 12.9. The first-order chi connectivity index (χ1) is 8.84. The van der Waals surface area contributed by atoms with Gasteiger partial charge in [-0.15, -0.1) is 0 Å². The lowest BCUT2D eigenvalue weighted by molar-refractivity contribution is 0.605. The summed E-state index contributed by atoms with van der Waals surface area (Å²) in [6, 6.07) is 6.53. The molecule has 2 nitrogen and oxygen atoms in total. The number of H-pyrrole nitrogens is 1. The molecule has 0 aliphatic heterocycles. The average molecular weight is 242 g/mol. The van der Waals surface area contributed by atoms with Crippen molar-refractivity contribution in [1.82, 2.24) is 9.97 Å². The number of aromatic nitrogens is 2. The summed E-state index contributed by atoms with van der Waals surface area (Å²) in [5.74, 6) is 0.286. The zero-order chi connectivity index (χ0) is 12.4. The van der Waals surface area contributed by atoms with Crippen LogP contribution in [0.25, 0.3) is 11.3 Å². The Balaban J connectivity index is 1.95. The second-order valence-corrected chi connectivity index (χ2v) is 4.65. The molecule has 1 atom stereocenters. The number of rotatable bonds is 2. The lowest BCUT2D eigenvalue weighted by Gasteiger charge is -2.17. The minimum atomic E-state index is -0.212. The molecule has 1 aromatic heterocycles. The number of nitrogens with one attached hydrogen (secondary N) is 1. The predicted octanol–water partition coefficient (Wildman–Crippen LogP) is 4.04. The van der Waals surface area contributed by atoms with Crippen molar-refractivity contribution in [3.63, 3.8) is 0 Å². The van der Waals surface area contributed by atoms with Crippen LogP contribution in [-0.4, -0.2) is 9.97 Å². The van der Waals surface area contributed by atoms with Crippen LogP contribution in [0, 0.1) is 5.82 Å². The second-order valence-electron chi connectivity index (χ2n) is 4.65. The van der Waals surface area contributed by atoms with Crippen LogP contribution in [0.15, 0.2) is 42.7 Å². The van der Waals surface area contributed by atoms with E-state index in [1.165, 1.54) is 17.8 Å². The lowest BCUT2D eigenvalue weighted by Crippen LogP contribution is -2.03. The number of nitrogens with zero attached hydrogens (tertiary/aromatic N) is 1. The van der Waals surface area contributed by atoms with E-state index >= 15 is 0 Å². The number of imidazole rings is 1. The van der Waals surface area contributed by atoms with Gasteiger partial charge in [0.15, 0.2) is 0 Å². The van der Waals surface area contributed by atoms with Crippen molar-refractivity contribution < 1.29 is 4.39 Å². The standard InChI is InChI=1S/C15H15FN2/c16-13-8-6-12(7-9-13)15-14(17-10-18-15)11-4-2-1-3-5-11/h1-2,6-11H,3-5H2,(H,17,18). The maximum atomic E-state index is 12.9. The Bertz CT molecular complexity index is 554. The Labute approximate surface area is 106 Å². The molecule has 1 aliphatic carbocycles. The Hall–Kier alpha value is -1.90. The van der Waals surface area contributed by atoms with Crippen LogP contribution in [0.4, 0.5) is 4.39 Å². The Morgan fingerprint density at radius 1 is 1.17 bits per heavy atom. The van der Waals surface area contributed by atoms with Gasteiger partial charge in [-0.05, 0) is 43.5 Å². The minimum Gasteiger partial charge on any atom is -0.348 e. The fourth-order valence-corrected chi connectivity index (χ4v) is 2.51. The quantitative estimate of drug-likeness (QED) is 0.791. The van der Waals surface area contributed by atoms with Crippen molar-refractivity contribution >= 4 is 0 Å². The topological polar surface area (TPSA) is 28.7 Å². The molecule has 3 rings (SSSR count). The van der Waals surface area contributed by atoms with Gasteiger partial charge in [0.25, 0.3) is 0 Å². The summed E-state index contributed by atoms with van der Waals surface area (Å²) in [6.07, 6.45) is 9.50. The third-order valence-corrected chi connectivity index (χ3v) is 3.46. The van der Waals surface area contributed by atoms with Crippen molar-refractivity contribution in [3.8, 4) is 11.3 Å². The summed E-state index contributed by atoms with van der Waals surface area (Å²) < 4.78 is 12.9. The van der Waals surface area contributed by atoms with Gasteiger partial charge in [-0.2, -0.15) is 0 Å². The van der Waals surface area contributed by atoms with Gasteiger partial charge >= 0.3 is 0 Å². The van der Waals surface area contributed by atoms with E-state index in [9.17, 15) is 4.39 Å². The number of benzene rings is 1. The van der Waals surface area contributed by atoms with Gasteiger partial charge in [0.1, 0.15) is 5.82 Å². The molecule has 0 saturated carbocycles. The molecule has 0 spiro atoms. The highest BCUT2D eigenvalue weighted by Crippen LogP contribution is 2.33. The van der Waals surface area contributed by atoms with Gasteiger partial charge in [0.2, 0.25) is 0 Å². The molecular weight excluding hydrogens is 227 g/mol. The monoisotopic (exact) mass is 242 g/mol. The number of hydrogen-bond acceptors (Lipinski definition) is 1. The highest BCUT2D eigenvalue weighted by molar-refractivity contribution is 5.62. The van der Waals surface area contributed by atoms with Crippen LogP contribution in [-0.2, 0) is 0 Å². The van der Waals surface area contributed by atoms with Gasteiger partial charge in [-0.25, -0.2) is 9.37 Å². The van der Waals surface area contributed by atoms with Crippen molar-refractivity contribution in [1.29, 1.82) is 0 Å². The molecule has 0 saturated heterocycles. The van der Waals surface area contributed by atoms with E-state index in [0.717, 1.165) is 30.5 Å². The zero-order valence-corrected chi connectivity index (χ0v) is 10.1. The highest BCUT2D eigenvalue weighted by Gasteiger charge is 2.19. The van der Waals surface area contributed by atoms with Crippen LogP contribution in [0.2, 0.25) is 0 Å². The molecule has 1 N–H and O–H groups in total. The van der Waals surface area contributed by atoms with Gasteiger partial charge in [0, 0.05) is 17.2 Å². The van der Waals surface area contributed by atoms with Gasteiger partial charge in [-0.1, -0.05) is 12.2 Å². The Morgan fingerprint density at radius 2 is 2.00 bits per heavy atom. The van der Waals surface area contributed by atoms with Crippen molar-refractivity contribution in [3.05, 3.63) is 54.3 Å². The average Bonchev–Trinajstić information content (AvgIpc) is 2.90. The molecule has 0 fully saturated rings. The van der Waals surface area contributed by atoms with Gasteiger partial charge in [-0.3, -0.25) is 0 Å². The van der Waals surface area contributed by atoms with Crippen molar-refractivity contribution in [2.45, 2.75) is 25.2 Å². The predicted molar refractivity (Wildman–Crippen MR) is 69.7 cm³/mol. The van der Waals surface area contributed by atoms with E-state index in [2.05, 4.69) is 22.1 Å². The first kappa shape index (κ1) is 11.2. The van der Waals surface area contributed by atoms with Crippen LogP contribution >= 0.6 is 0 Å². The summed E-state index contributed by atoms with van der Waals surface area (Å²) in [6.45, 7) is 0. The molecule has 1 unspecified atom stereocenters. The van der Waals surface area contributed by atoms with Gasteiger partial charge in [0.05, 0.1) is 12.0 Å². The van der Waals surface area contributed by atoms with Crippen LogP contribution in [0.1, 0.15) is 30.9 Å². The zero-order valence-electron chi connectivity index (χ0n) is 10.1. The van der Waals surface area contributed by atoms with Crippen LogP contribution in [0.3, 0.4) is 0 Å². The summed E-state index contributed by atoms with van der Waals surface area (Å²) in [4.78, 5) is 7.64. The minimum absolute atomic E-state index is 0.212. The molecule has 1 aromatic carbocycles. The molecule has 0 bridgehead atoms. The van der Waals surface area contributed by atoms with Crippen LogP contribution in [0.5, 0.6) is 0 Å². The smallest absolute Gasteiger partial charge is 0.123 e. The summed E-state index contributed by atoms with van der Waals surface area (Å²) >= 11 is 0. The second kappa shape index (κ2) is 4.77. The molecule has 2 aromatic rings. The van der Waals surface area contributed by atoms with E-state index in [-0.39, 0.29) is 5.82 Å². The molecule has 0 amide bonds. The molecular formula is C15H15FN2. The fraction of sp³-hybridized carbons (Fsp3) is 0.267. The van der Waals surface area contributed by atoms with E-state index in [1.54, 1.807) is 18.5 Å². The molecule has 1 aliphatic rings. The summed E-state index contributed by atoms with van der Waals surface area (Å²) in [5.41, 5.74) is 3.10. The molecule has 92 valence electrons. The van der Waals surface area contributed by atoms with E-state index < -0.39 is 0 Å².